The van der Waals surface area contributed by atoms with Gasteiger partial charge in [0.2, 0.25) is 0 Å². The molecule has 0 radical (unpaired) electrons. The third-order valence-corrected chi connectivity index (χ3v) is 3.39. The van der Waals surface area contributed by atoms with Gasteiger partial charge in [0.25, 0.3) is 0 Å². The van der Waals surface area contributed by atoms with Crippen molar-refractivity contribution in [2.75, 3.05) is 6.61 Å². The molecule has 0 aromatic heterocycles. The maximum absolute atomic E-state index is 13.2. The van der Waals surface area contributed by atoms with E-state index in [0.29, 0.717) is 22.4 Å². The van der Waals surface area contributed by atoms with E-state index >= 15 is 0 Å². The molecule has 0 saturated heterocycles. The third kappa shape index (κ3) is 3.35. The van der Waals surface area contributed by atoms with Gasteiger partial charge in [-0.2, -0.15) is 0 Å². The predicted molar refractivity (Wildman–Crippen MR) is 75.7 cm³/mol. The highest BCUT2D eigenvalue weighted by Gasteiger charge is 2.14. The van der Waals surface area contributed by atoms with Gasteiger partial charge >= 0.3 is 0 Å². The Hall–Kier alpha value is -1.46. The molecule has 1 atom stereocenters. The zero-order valence-electron chi connectivity index (χ0n) is 10.7. The highest BCUT2D eigenvalue weighted by Crippen LogP contribution is 2.31. The molecule has 1 N–H and O–H groups in total. The fourth-order valence-electron chi connectivity index (χ4n) is 1.89. The zero-order chi connectivity index (χ0) is 14.7. The average molecular weight is 343 g/mol. The van der Waals surface area contributed by atoms with Crippen molar-refractivity contribution in [3.63, 3.8) is 0 Å². The summed E-state index contributed by atoms with van der Waals surface area (Å²) in [6.45, 7) is 2.39. The molecule has 5 heteroatoms. The molecule has 20 heavy (non-hydrogen) atoms. The molecule has 2 nitrogen and oxygen atoms in total. The number of halogens is 3. The molecule has 1 unspecified atom stereocenters. The lowest BCUT2D eigenvalue weighted by molar-refractivity contribution is 0.219. The summed E-state index contributed by atoms with van der Waals surface area (Å²) in [6.07, 6.45) is -1.10. The minimum atomic E-state index is -1.10. The molecule has 0 aliphatic carbocycles. The quantitative estimate of drug-likeness (QED) is 0.901. The first kappa shape index (κ1) is 14.9. The molecule has 0 saturated carbocycles. The van der Waals surface area contributed by atoms with Gasteiger partial charge < -0.3 is 9.84 Å². The van der Waals surface area contributed by atoms with E-state index in [1.165, 1.54) is 0 Å². The topological polar surface area (TPSA) is 29.5 Å². The Labute approximate surface area is 124 Å². The monoisotopic (exact) mass is 342 g/mol. The maximum Gasteiger partial charge on any atom is 0.133 e. The van der Waals surface area contributed by atoms with E-state index in [1.54, 1.807) is 18.2 Å². The number of ether oxygens (including phenoxy) is 1. The van der Waals surface area contributed by atoms with Gasteiger partial charge in [-0.1, -0.05) is 6.07 Å². The molecule has 0 heterocycles. The second-order valence-corrected chi connectivity index (χ2v) is 5.08. The number of aliphatic hydroxyl groups excluding tert-OH is 1. The van der Waals surface area contributed by atoms with Crippen molar-refractivity contribution >= 4 is 15.9 Å². The lowest BCUT2D eigenvalue weighted by Gasteiger charge is -2.14. The molecule has 0 bridgehead atoms. The van der Waals surface area contributed by atoms with E-state index in [9.17, 15) is 13.9 Å². The Balaban J connectivity index is 2.33. The molecule has 2 aromatic carbocycles. The molecular weight excluding hydrogens is 330 g/mol. The minimum Gasteiger partial charge on any atom is -0.493 e. The summed E-state index contributed by atoms with van der Waals surface area (Å²) in [5, 5.41) is 10.2. The van der Waals surface area contributed by atoms with Crippen LogP contribution in [0, 0.1) is 11.6 Å². The SMILES string of the molecule is CCOc1ccc(C(O)c2cc(F)cc(F)c2)cc1Br. The molecule has 106 valence electrons. The molecule has 0 fully saturated rings. The molecule has 0 aliphatic heterocycles. The lowest BCUT2D eigenvalue weighted by Crippen LogP contribution is -2.02. The largest absolute Gasteiger partial charge is 0.493 e. The maximum atomic E-state index is 13.2. The third-order valence-electron chi connectivity index (χ3n) is 2.77. The first-order valence-electron chi connectivity index (χ1n) is 6.07. The Morgan fingerprint density at radius 1 is 1.10 bits per heavy atom. The molecule has 2 rings (SSSR count). The normalized spacial score (nSPS) is 12.2. The van der Waals surface area contributed by atoms with Gasteiger partial charge in [-0.3, -0.25) is 0 Å². The first-order chi connectivity index (χ1) is 9.51. The Bertz CT molecular complexity index is 597. The van der Waals surface area contributed by atoms with E-state index in [2.05, 4.69) is 15.9 Å². The fraction of sp³-hybridized carbons (Fsp3) is 0.200. The minimum absolute atomic E-state index is 0.165. The van der Waals surface area contributed by atoms with Crippen LogP contribution in [0.1, 0.15) is 24.2 Å². The van der Waals surface area contributed by atoms with E-state index < -0.39 is 17.7 Å². The van der Waals surface area contributed by atoms with Crippen molar-refractivity contribution in [3.05, 3.63) is 63.6 Å². The highest BCUT2D eigenvalue weighted by atomic mass is 79.9. The number of hydrogen-bond acceptors (Lipinski definition) is 2. The summed E-state index contributed by atoms with van der Waals surface area (Å²) in [5.74, 6) is -0.790. The van der Waals surface area contributed by atoms with Crippen molar-refractivity contribution in [2.24, 2.45) is 0 Å². The summed E-state index contributed by atoms with van der Waals surface area (Å²) >= 11 is 3.33. The van der Waals surface area contributed by atoms with Gasteiger partial charge in [0.05, 0.1) is 11.1 Å². The fourth-order valence-corrected chi connectivity index (χ4v) is 2.40. The number of rotatable bonds is 4. The van der Waals surface area contributed by atoms with Gasteiger partial charge in [-0.15, -0.1) is 0 Å². The standard InChI is InChI=1S/C15H13BrF2O2/c1-2-20-14-4-3-9(7-13(14)16)15(19)10-5-11(17)8-12(18)6-10/h3-8,15,19H,2H2,1H3. The summed E-state index contributed by atoms with van der Waals surface area (Å²) in [4.78, 5) is 0. The van der Waals surface area contributed by atoms with Crippen LogP contribution in [0.5, 0.6) is 5.75 Å². The van der Waals surface area contributed by atoms with Gasteiger partial charge in [0.15, 0.2) is 0 Å². The molecule has 2 aromatic rings. The van der Waals surface area contributed by atoms with Crippen molar-refractivity contribution in [1.82, 2.24) is 0 Å². The average Bonchev–Trinajstić information content (AvgIpc) is 2.39. The van der Waals surface area contributed by atoms with Gasteiger partial charge in [0.1, 0.15) is 23.5 Å². The Morgan fingerprint density at radius 2 is 1.75 bits per heavy atom. The van der Waals surface area contributed by atoms with Crippen LogP contribution in [0.4, 0.5) is 8.78 Å². The lowest BCUT2D eigenvalue weighted by atomic mass is 10.0. The predicted octanol–water partition coefficient (Wildman–Crippen LogP) is 4.21. The summed E-state index contributed by atoms with van der Waals surface area (Å²) < 4.78 is 32.4. The zero-order valence-corrected chi connectivity index (χ0v) is 12.3. The van der Waals surface area contributed by atoms with Crippen molar-refractivity contribution in [1.29, 1.82) is 0 Å². The first-order valence-corrected chi connectivity index (χ1v) is 6.87. The smallest absolute Gasteiger partial charge is 0.133 e. The molecule has 0 spiro atoms. The number of benzene rings is 2. The van der Waals surface area contributed by atoms with Crippen LogP contribution in [0.3, 0.4) is 0 Å². The van der Waals surface area contributed by atoms with Crippen LogP contribution >= 0.6 is 15.9 Å². The van der Waals surface area contributed by atoms with Crippen LogP contribution in [0.2, 0.25) is 0 Å². The van der Waals surface area contributed by atoms with Crippen LogP contribution in [-0.4, -0.2) is 11.7 Å². The number of aliphatic hydroxyl groups is 1. The second-order valence-electron chi connectivity index (χ2n) is 4.23. The van der Waals surface area contributed by atoms with Crippen molar-refractivity contribution in [3.8, 4) is 5.75 Å². The van der Waals surface area contributed by atoms with Gasteiger partial charge in [-0.25, -0.2) is 8.78 Å². The van der Waals surface area contributed by atoms with E-state index in [-0.39, 0.29) is 5.56 Å². The second kappa shape index (κ2) is 6.33. The van der Waals surface area contributed by atoms with Crippen LogP contribution in [0.25, 0.3) is 0 Å². The van der Waals surface area contributed by atoms with E-state index in [4.69, 9.17) is 4.74 Å². The summed E-state index contributed by atoms with van der Waals surface area (Å²) in [7, 11) is 0. The molecule has 0 aliphatic rings. The molecular formula is C15H13BrF2O2. The highest BCUT2D eigenvalue weighted by molar-refractivity contribution is 9.10. The van der Waals surface area contributed by atoms with Crippen LogP contribution in [-0.2, 0) is 0 Å². The number of hydrogen-bond donors (Lipinski definition) is 1. The van der Waals surface area contributed by atoms with Gasteiger partial charge in [0, 0.05) is 6.07 Å². The van der Waals surface area contributed by atoms with E-state index in [1.807, 2.05) is 6.92 Å². The summed E-state index contributed by atoms with van der Waals surface area (Å²) in [6, 6.07) is 8.00. The van der Waals surface area contributed by atoms with E-state index in [0.717, 1.165) is 18.2 Å². The van der Waals surface area contributed by atoms with Crippen molar-refractivity contribution < 1.29 is 18.6 Å². The Morgan fingerprint density at radius 3 is 2.30 bits per heavy atom. The van der Waals surface area contributed by atoms with Crippen LogP contribution < -0.4 is 4.74 Å². The van der Waals surface area contributed by atoms with Crippen LogP contribution in [0.15, 0.2) is 40.9 Å². The van der Waals surface area contributed by atoms with Gasteiger partial charge in [-0.05, 0) is 58.2 Å². The van der Waals surface area contributed by atoms with Crippen molar-refractivity contribution in [2.45, 2.75) is 13.0 Å². The Kier molecular flexibility index (Phi) is 4.73. The molecule has 0 amide bonds. The summed E-state index contributed by atoms with van der Waals surface area (Å²) in [5.41, 5.74) is 0.684.